The number of nitrogens with zero attached hydrogens (tertiary/aromatic N) is 3. The molecular formula is C12H18ClN3O2. The van der Waals surface area contributed by atoms with Crippen molar-refractivity contribution in [1.82, 2.24) is 9.88 Å². The van der Waals surface area contributed by atoms with Crippen molar-refractivity contribution in [2.75, 3.05) is 39.1 Å². The molecule has 0 atom stereocenters. The number of carbonyl (C=O) groups is 1. The number of aromatic carboxylic acids is 1. The summed E-state index contributed by atoms with van der Waals surface area (Å²) < 4.78 is 0. The van der Waals surface area contributed by atoms with Crippen molar-refractivity contribution in [2.24, 2.45) is 0 Å². The second-order valence-electron chi connectivity index (χ2n) is 4.38. The number of hydrogen-bond donors (Lipinski definition) is 1. The highest BCUT2D eigenvalue weighted by molar-refractivity contribution is 6.33. The lowest BCUT2D eigenvalue weighted by molar-refractivity contribution is 0.0691. The summed E-state index contributed by atoms with van der Waals surface area (Å²) in [5.74, 6) is -0.487. The van der Waals surface area contributed by atoms with Crippen LogP contribution in [0.4, 0.5) is 5.82 Å². The first-order chi connectivity index (χ1) is 8.41. The Kier molecular flexibility index (Phi) is 5.37. The van der Waals surface area contributed by atoms with Gasteiger partial charge in [0.25, 0.3) is 0 Å². The molecule has 0 saturated carbocycles. The molecule has 18 heavy (non-hydrogen) atoms. The number of carboxylic acid groups (broad SMARTS) is 1. The van der Waals surface area contributed by atoms with Gasteiger partial charge in [-0.25, -0.2) is 9.78 Å². The van der Waals surface area contributed by atoms with E-state index in [0.29, 0.717) is 5.82 Å². The minimum Gasteiger partial charge on any atom is -0.476 e. The van der Waals surface area contributed by atoms with E-state index < -0.39 is 5.97 Å². The number of hydrogen-bond acceptors (Lipinski definition) is 4. The number of rotatable bonds is 6. The Labute approximate surface area is 112 Å². The number of pyridine rings is 1. The second kappa shape index (κ2) is 6.56. The van der Waals surface area contributed by atoms with Gasteiger partial charge in [-0.3, -0.25) is 0 Å². The molecule has 1 rings (SSSR count). The van der Waals surface area contributed by atoms with Crippen LogP contribution in [-0.4, -0.2) is 55.2 Å². The maximum atomic E-state index is 10.9. The monoisotopic (exact) mass is 271 g/mol. The summed E-state index contributed by atoms with van der Waals surface area (Å²) in [6, 6.07) is 3.29. The van der Waals surface area contributed by atoms with Gasteiger partial charge in [0.05, 0.1) is 5.02 Å². The average Bonchev–Trinajstić information content (AvgIpc) is 2.28. The molecule has 1 aromatic heterocycles. The van der Waals surface area contributed by atoms with E-state index in [-0.39, 0.29) is 10.7 Å². The van der Waals surface area contributed by atoms with Crippen LogP contribution >= 0.6 is 11.6 Å². The lowest BCUT2D eigenvalue weighted by Gasteiger charge is -2.19. The SMILES string of the molecule is CN(C)CCCN(C)c1ccc(Cl)c(C(=O)O)n1. The molecule has 0 amide bonds. The Hall–Kier alpha value is -1.33. The zero-order valence-electron chi connectivity index (χ0n) is 10.9. The predicted octanol–water partition coefficient (Wildman–Crippen LogP) is 1.82. The first kappa shape index (κ1) is 14.7. The number of carboxylic acids is 1. The largest absolute Gasteiger partial charge is 0.476 e. The van der Waals surface area contributed by atoms with Crippen LogP contribution in [0, 0.1) is 0 Å². The Morgan fingerprint density at radius 1 is 1.33 bits per heavy atom. The smallest absolute Gasteiger partial charge is 0.356 e. The zero-order chi connectivity index (χ0) is 13.7. The van der Waals surface area contributed by atoms with Gasteiger partial charge in [-0.05, 0) is 39.2 Å². The van der Waals surface area contributed by atoms with E-state index in [4.69, 9.17) is 16.7 Å². The first-order valence-electron chi connectivity index (χ1n) is 5.67. The predicted molar refractivity (Wildman–Crippen MR) is 72.6 cm³/mol. The van der Waals surface area contributed by atoms with E-state index in [9.17, 15) is 4.79 Å². The van der Waals surface area contributed by atoms with Crippen LogP contribution in [0.25, 0.3) is 0 Å². The van der Waals surface area contributed by atoms with Crippen molar-refractivity contribution in [3.63, 3.8) is 0 Å². The minimum atomic E-state index is -1.11. The summed E-state index contributed by atoms with van der Waals surface area (Å²) in [7, 11) is 5.92. The van der Waals surface area contributed by atoms with Crippen molar-refractivity contribution in [3.8, 4) is 0 Å². The molecule has 1 N–H and O–H groups in total. The fourth-order valence-electron chi connectivity index (χ4n) is 1.53. The standard InChI is InChI=1S/C12H18ClN3O2/c1-15(2)7-4-8-16(3)10-6-5-9(13)11(14-10)12(17)18/h5-6H,4,7-8H2,1-3H3,(H,17,18). The van der Waals surface area contributed by atoms with E-state index >= 15 is 0 Å². The minimum absolute atomic E-state index is 0.103. The third-order valence-electron chi connectivity index (χ3n) is 2.52. The summed E-state index contributed by atoms with van der Waals surface area (Å²) in [4.78, 5) is 19.0. The molecule has 0 saturated heterocycles. The quantitative estimate of drug-likeness (QED) is 0.855. The van der Waals surface area contributed by atoms with E-state index in [1.807, 2.05) is 26.0 Å². The Balaban J connectivity index is 2.71. The molecule has 5 nitrogen and oxygen atoms in total. The van der Waals surface area contributed by atoms with Crippen LogP contribution in [-0.2, 0) is 0 Å². The molecule has 0 bridgehead atoms. The van der Waals surface area contributed by atoms with Gasteiger partial charge in [-0.15, -0.1) is 0 Å². The molecule has 0 spiro atoms. The Morgan fingerprint density at radius 2 is 2.00 bits per heavy atom. The molecule has 1 heterocycles. The Bertz CT molecular complexity index is 424. The maximum Gasteiger partial charge on any atom is 0.356 e. The van der Waals surface area contributed by atoms with Gasteiger partial charge in [0.15, 0.2) is 5.69 Å². The average molecular weight is 272 g/mol. The summed E-state index contributed by atoms with van der Waals surface area (Å²) in [6.45, 7) is 1.79. The topological polar surface area (TPSA) is 56.7 Å². The van der Waals surface area contributed by atoms with Crippen molar-refractivity contribution >= 4 is 23.4 Å². The first-order valence-corrected chi connectivity index (χ1v) is 6.05. The van der Waals surface area contributed by atoms with E-state index in [0.717, 1.165) is 19.5 Å². The second-order valence-corrected chi connectivity index (χ2v) is 4.79. The molecule has 1 aromatic rings. The van der Waals surface area contributed by atoms with Gasteiger partial charge < -0.3 is 14.9 Å². The van der Waals surface area contributed by atoms with Gasteiger partial charge in [0.1, 0.15) is 5.82 Å². The summed E-state index contributed by atoms with van der Waals surface area (Å²) in [5, 5.41) is 9.11. The summed E-state index contributed by atoms with van der Waals surface area (Å²) in [6.07, 6.45) is 0.982. The fraction of sp³-hybridized carbons (Fsp3) is 0.500. The lowest BCUT2D eigenvalue weighted by Crippen LogP contribution is -2.24. The normalized spacial score (nSPS) is 10.7. The number of halogens is 1. The van der Waals surface area contributed by atoms with Gasteiger partial charge in [0.2, 0.25) is 0 Å². The molecule has 0 fully saturated rings. The van der Waals surface area contributed by atoms with Crippen molar-refractivity contribution in [2.45, 2.75) is 6.42 Å². The molecule has 100 valence electrons. The highest BCUT2D eigenvalue weighted by atomic mass is 35.5. The van der Waals surface area contributed by atoms with Gasteiger partial charge in [-0.1, -0.05) is 11.6 Å². The van der Waals surface area contributed by atoms with Crippen LogP contribution in [0.1, 0.15) is 16.9 Å². The molecule has 0 aliphatic carbocycles. The van der Waals surface area contributed by atoms with Crippen molar-refractivity contribution in [1.29, 1.82) is 0 Å². The van der Waals surface area contributed by atoms with Crippen LogP contribution < -0.4 is 4.90 Å². The molecular weight excluding hydrogens is 254 g/mol. The Morgan fingerprint density at radius 3 is 2.56 bits per heavy atom. The highest BCUT2D eigenvalue weighted by Gasteiger charge is 2.13. The summed E-state index contributed by atoms with van der Waals surface area (Å²) in [5.41, 5.74) is -0.103. The lowest BCUT2D eigenvalue weighted by atomic mass is 10.3. The third kappa shape index (κ3) is 4.16. The van der Waals surface area contributed by atoms with Gasteiger partial charge >= 0.3 is 5.97 Å². The van der Waals surface area contributed by atoms with Crippen LogP contribution in [0.3, 0.4) is 0 Å². The van der Waals surface area contributed by atoms with Crippen molar-refractivity contribution < 1.29 is 9.90 Å². The number of aromatic nitrogens is 1. The maximum absolute atomic E-state index is 10.9. The molecule has 6 heteroatoms. The highest BCUT2D eigenvalue weighted by Crippen LogP contribution is 2.18. The van der Waals surface area contributed by atoms with Crippen LogP contribution in [0.15, 0.2) is 12.1 Å². The van der Waals surface area contributed by atoms with Gasteiger partial charge in [0, 0.05) is 13.6 Å². The van der Waals surface area contributed by atoms with Gasteiger partial charge in [-0.2, -0.15) is 0 Å². The van der Waals surface area contributed by atoms with E-state index in [2.05, 4.69) is 9.88 Å². The van der Waals surface area contributed by atoms with E-state index in [1.165, 1.54) is 0 Å². The number of anilines is 1. The molecule has 0 radical (unpaired) electrons. The fourth-order valence-corrected chi connectivity index (χ4v) is 1.72. The van der Waals surface area contributed by atoms with Crippen molar-refractivity contribution in [3.05, 3.63) is 22.8 Å². The van der Waals surface area contributed by atoms with E-state index in [1.54, 1.807) is 12.1 Å². The third-order valence-corrected chi connectivity index (χ3v) is 2.83. The molecule has 0 aromatic carbocycles. The molecule has 0 aliphatic rings. The molecule has 0 unspecified atom stereocenters. The molecule has 0 aliphatic heterocycles. The zero-order valence-corrected chi connectivity index (χ0v) is 11.6. The summed E-state index contributed by atoms with van der Waals surface area (Å²) >= 11 is 5.77. The van der Waals surface area contributed by atoms with Crippen LogP contribution in [0.2, 0.25) is 5.02 Å². The van der Waals surface area contributed by atoms with Crippen LogP contribution in [0.5, 0.6) is 0 Å².